The van der Waals surface area contributed by atoms with Crippen LogP contribution in [0.4, 0.5) is 0 Å². The Hall–Kier alpha value is -1.48. The summed E-state index contributed by atoms with van der Waals surface area (Å²) in [5.41, 5.74) is 1.56. The van der Waals surface area contributed by atoms with E-state index in [0.717, 1.165) is 30.4 Å². The SMILES string of the molecule is O=C(c1cc2ccc(Cl)cc2[nH]1)N1CCC1. The molecule has 0 radical (unpaired) electrons. The first kappa shape index (κ1) is 9.73. The van der Waals surface area contributed by atoms with Gasteiger partial charge < -0.3 is 9.88 Å². The molecule has 0 atom stereocenters. The number of carbonyl (C=O) groups is 1. The third-order valence-corrected chi connectivity index (χ3v) is 3.19. The standard InChI is InChI=1S/C12H11ClN2O/c13-9-3-2-8-6-11(14-10(8)7-9)12(16)15-4-1-5-15/h2-3,6-7,14H,1,4-5H2. The van der Waals surface area contributed by atoms with Gasteiger partial charge >= 0.3 is 0 Å². The highest BCUT2D eigenvalue weighted by Gasteiger charge is 2.22. The molecular formula is C12H11ClN2O. The molecule has 0 bridgehead atoms. The number of nitrogens with zero attached hydrogens (tertiary/aromatic N) is 1. The zero-order valence-electron chi connectivity index (χ0n) is 8.66. The van der Waals surface area contributed by atoms with Crippen LogP contribution in [0.3, 0.4) is 0 Å². The molecule has 2 aromatic rings. The molecule has 82 valence electrons. The summed E-state index contributed by atoms with van der Waals surface area (Å²) in [5.74, 6) is 0.0820. The van der Waals surface area contributed by atoms with E-state index in [1.807, 2.05) is 29.2 Å². The molecule has 3 rings (SSSR count). The fourth-order valence-electron chi connectivity index (χ4n) is 1.90. The Labute approximate surface area is 98.0 Å². The predicted molar refractivity (Wildman–Crippen MR) is 63.8 cm³/mol. The third kappa shape index (κ3) is 1.48. The van der Waals surface area contributed by atoms with E-state index in [-0.39, 0.29) is 5.91 Å². The van der Waals surface area contributed by atoms with Gasteiger partial charge in [-0.1, -0.05) is 17.7 Å². The Morgan fingerprint density at radius 1 is 1.31 bits per heavy atom. The molecule has 1 N–H and O–H groups in total. The van der Waals surface area contributed by atoms with Gasteiger partial charge in [0.1, 0.15) is 5.69 Å². The van der Waals surface area contributed by atoms with Crippen molar-refractivity contribution in [2.45, 2.75) is 6.42 Å². The monoisotopic (exact) mass is 234 g/mol. The number of likely N-dealkylation sites (tertiary alicyclic amines) is 1. The largest absolute Gasteiger partial charge is 0.350 e. The lowest BCUT2D eigenvalue weighted by Gasteiger charge is -2.30. The van der Waals surface area contributed by atoms with E-state index in [1.165, 1.54) is 0 Å². The minimum absolute atomic E-state index is 0.0820. The van der Waals surface area contributed by atoms with E-state index < -0.39 is 0 Å². The zero-order chi connectivity index (χ0) is 11.1. The Morgan fingerprint density at radius 2 is 2.12 bits per heavy atom. The second kappa shape index (κ2) is 3.52. The van der Waals surface area contributed by atoms with Crippen molar-refractivity contribution in [3.8, 4) is 0 Å². The van der Waals surface area contributed by atoms with Crippen molar-refractivity contribution in [1.29, 1.82) is 0 Å². The smallest absolute Gasteiger partial charge is 0.270 e. The molecule has 0 spiro atoms. The number of hydrogen-bond donors (Lipinski definition) is 1. The maximum absolute atomic E-state index is 11.9. The van der Waals surface area contributed by atoms with Gasteiger partial charge in [0, 0.05) is 29.0 Å². The van der Waals surface area contributed by atoms with Gasteiger partial charge in [-0.05, 0) is 24.6 Å². The summed E-state index contributed by atoms with van der Waals surface area (Å²) in [6, 6.07) is 7.47. The van der Waals surface area contributed by atoms with Gasteiger partial charge in [-0.15, -0.1) is 0 Å². The molecule has 1 amide bonds. The summed E-state index contributed by atoms with van der Waals surface area (Å²) in [4.78, 5) is 16.9. The number of nitrogens with one attached hydrogen (secondary N) is 1. The van der Waals surface area contributed by atoms with Crippen LogP contribution in [0.15, 0.2) is 24.3 Å². The van der Waals surface area contributed by atoms with E-state index in [4.69, 9.17) is 11.6 Å². The van der Waals surface area contributed by atoms with Gasteiger partial charge in [-0.2, -0.15) is 0 Å². The highest BCUT2D eigenvalue weighted by atomic mass is 35.5. The fraction of sp³-hybridized carbons (Fsp3) is 0.250. The summed E-state index contributed by atoms with van der Waals surface area (Å²) in [5, 5.41) is 1.70. The predicted octanol–water partition coefficient (Wildman–Crippen LogP) is 2.67. The van der Waals surface area contributed by atoms with Gasteiger partial charge in [-0.25, -0.2) is 0 Å². The molecule has 2 heterocycles. The number of benzene rings is 1. The third-order valence-electron chi connectivity index (χ3n) is 2.96. The van der Waals surface area contributed by atoms with Gasteiger partial charge in [0.15, 0.2) is 0 Å². The lowest BCUT2D eigenvalue weighted by molar-refractivity contribution is 0.0646. The van der Waals surface area contributed by atoms with Crippen molar-refractivity contribution < 1.29 is 4.79 Å². The van der Waals surface area contributed by atoms with Crippen molar-refractivity contribution in [1.82, 2.24) is 9.88 Å². The first-order valence-electron chi connectivity index (χ1n) is 5.31. The fourth-order valence-corrected chi connectivity index (χ4v) is 2.08. The maximum atomic E-state index is 11.9. The van der Waals surface area contributed by atoms with Crippen molar-refractivity contribution in [3.05, 3.63) is 35.0 Å². The van der Waals surface area contributed by atoms with E-state index in [2.05, 4.69) is 4.98 Å². The highest BCUT2D eigenvalue weighted by molar-refractivity contribution is 6.31. The van der Waals surface area contributed by atoms with Crippen LogP contribution in [0, 0.1) is 0 Å². The average Bonchev–Trinajstić information content (AvgIpc) is 2.57. The van der Waals surface area contributed by atoms with Gasteiger partial charge in [0.25, 0.3) is 5.91 Å². The Balaban J connectivity index is 2.01. The average molecular weight is 235 g/mol. The maximum Gasteiger partial charge on any atom is 0.270 e. The lowest BCUT2D eigenvalue weighted by atomic mass is 10.2. The van der Waals surface area contributed by atoms with Crippen LogP contribution < -0.4 is 0 Å². The van der Waals surface area contributed by atoms with E-state index in [1.54, 1.807) is 0 Å². The number of aromatic nitrogens is 1. The lowest BCUT2D eigenvalue weighted by Crippen LogP contribution is -2.42. The number of rotatable bonds is 1. The first-order valence-corrected chi connectivity index (χ1v) is 5.69. The van der Waals surface area contributed by atoms with Crippen LogP contribution in [0.5, 0.6) is 0 Å². The quantitative estimate of drug-likeness (QED) is 0.809. The molecule has 3 nitrogen and oxygen atoms in total. The summed E-state index contributed by atoms with van der Waals surface area (Å²) >= 11 is 5.89. The second-order valence-corrected chi connectivity index (χ2v) is 4.50. The number of H-pyrrole nitrogens is 1. The van der Waals surface area contributed by atoms with Crippen molar-refractivity contribution in [2.75, 3.05) is 13.1 Å². The molecule has 1 fully saturated rings. The summed E-state index contributed by atoms with van der Waals surface area (Å²) in [6.45, 7) is 1.74. The van der Waals surface area contributed by atoms with E-state index in [0.29, 0.717) is 10.7 Å². The first-order chi connectivity index (χ1) is 7.74. The van der Waals surface area contributed by atoms with Crippen LogP contribution in [-0.4, -0.2) is 28.9 Å². The summed E-state index contributed by atoms with van der Waals surface area (Å²) in [7, 11) is 0. The molecule has 1 aliphatic heterocycles. The molecule has 0 aliphatic carbocycles. The van der Waals surface area contributed by atoms with Crippen LogP contribution in [0.25, 0.3) is 10.9 Å². The Bertz CT molecular complexity index is 557. The van der Waals surface area contributed by atoms with Crippen molar-refractivity contribution >= 4 is 28.4 Å². The molecular weight excluding hydrogens is 224 g/mol. The molecule has 1 aromatic carbocycles. The van der Waals surface area contributed by atoms with Crippen molar-refractivity contribution in [3.63, 3.8) is 0 Å². The molecule has 0 saturated carbocycles. The molecule has 0 unspecified atom stereocenters. The molecule has 1 saturated heterocycles. The number of fused-ring (bicyclic) bond motifs is 1. The second-order valence-electron chi connectivity index (χ2n) is 4.06. The molecule has 16 heavy (non-hydrogen) atoms. The summed E-state index contributed by atoms with van der Waals surface area (Å²) in [6.07, 6.45) is 1.11. The highest BCUT2D eigenvalue weighted by Crippen LogP contribution is 2.21. The minimum Gasteiger partial charge on any atom is -0.350 e. The Kier molecular flexibility index (Phi) is 2.14. The minimum atomic E-state index is 0.0820. The summed E-state index contributed by atoms with van der Waals surface area (Å²) < 4.78 is 0. The molecule has 1 aliphatic rings. The normalized spacial score (nSPS) is 15.2. The zero-order valence-corrected chi connectivity index (χ0v) is 9.42. The van der Waals surface area contributed by atoms with Gasteiger partial charge in [-0.3, -0.25) is 4.79 Å². The number of amides is 1. The number of aromatic amines is 1. The van der Waals surface area contributed by atoms with Crippen LogP contribution in [0.1, 0.15) is 16.9 Å². The van der Waals surface area contributed by atoms with Crippen LogP contribution in [0.2, 0.25) is 5.02 Å². The van der Waals surface area contributed by atoms with Gasteiger partial charge in [0.2, 0.25) is 0 Å². The number of carbonyl (C=O) groups excluding carboxylic acids is 1. The molecule has 4 heteroatoms. The topological polar surface area (TPSA) is 36.1 Å². The number of hydrogen-bond acceptors (Lipinski definition) is 1. The van der Waals surface area contributed by atoms with Crippen LogP contribution in [-0.2, 0) is 0 Å². The number of halogens is 1. The van der Waals surface area contributed by atoms with Crippen molar-refractivity contribution in [2.24, 2.45) is 0 Å². The molecule has 1 aromatic heterocycles. The van der Waals surface area contributed by atoms with E-state index in [9.17, 15) is 4.79 Å². The van der Waals surface area contributed by atoms with E-state index >= 15 is 0 Å². The Morgan fingerprint density at radius 3 is 2.81 bits per heavy atom. The van der Waals surface area contributed by atoms with Gasteiger partial charge in [0.05, 0.1) is 0 Å². The van der Waals surface area contributed by atoms with Crippen LogP contribution >= 0.6 is 11.6 Å².